The van der Waals surface area contributed by atoms with E-state index in [-0.39, 0.29) is 5.91 Å². The minimum atomic E-state index is -0.183. The lowest BCUT2D eigenvalue weighted by molar-refractivity contribution is -0.119. The third-order valence-electron chi connectivity index (χ3n) is 3.87. The average Bonchev–Trinajstić information content (AvgIpc) is 2.46. The highest BCUT2D eigenvalue weighted by molar-refractivity contribution is 7.99. The molecule has 0 bridgehead atoms. The molecule has 1 atom stereocenters. The van der Waals surface area contributed by atoms with Crippen molar-refractivity contribution in [3.63, 3.8) is 0 Å². The fraction of sp³-hybridized carbons (Fsp3) is 0.562. The molecule has 0 aliphatic carbocycles. The van der Waals surface area contributed by atoms with Crippen LogP contribution in [0.4, 0.5) is 0 Å². The number of piperidine rings is 1. The number of primary amides is 1. The molecule has 0 saturated carbocycles. The van der Waals surface area contributed by atoms with Crippen LogP contribution in [0.2, 0.25) is 5.02 Å². The summed E-state index contributed by atoms with van der Waals surface area (Å²) in [5, 5.41) is 0.826. The molecule has 1 aliphatic heterocycles. The largest absolute Gasteiger partial charge is 0.370 e. The number of rotatable bonds is 7. The number of nitrogens with two attached hydrogens (primary N) is 1. The zero-order valence-electron chi connectivity index (χ0n) is 12.3. The van der Waals surface area contributed by atoms with Crippen LogP contribution in [0.1, 0.15) is 32.1 Å². The Morgan fingerprint density at radius 1 is 1.38 bits per heavy atom. The molecule has 1 aliphatic rings. The van der Waals surface area contributed by atoms with Gasteiger partial charge in [0.2, 0.25) is 5.91 Å². The Hall–Kier alpha value is -0.710. The topological polar surface area (TPSA) is 46.3 Å². The fourth-order valence-corrected chi connectivity index (χ4v) is 4.00. The number of nitrogens with zero attached hydrogens (tertiary/aromatic N) is 1. The Labute approximate surface area is 136 Å². The van der Waals surface area contributed by atoms with E-state index >= 15 is 0 Å². The number of thioether (sulfide) groups is 1. The van der Waals surface area contributed by atoms with Gasteiger partial charge in [0.05, 0.1) is 5.02 Å². The third-order valence-corrected chi connectivity index (χ3v) is 5.47. The van der Waals surface area contributed by atoms with E-state index in [4.69, 9.17) is 17.3 Å². The average molecular weight is 327 g/mol. The van der Waals surface area contributed by atoms with Crippen LogP contribution in [0.3, 0.4) is 0 Å². The van der Waals surface area contributed by atoms with E-state index in [1.54, 1.807) is 11.8 Å². The number of amides is 1. The lowest BCUT2D eigenvalue weighted by Crippen LogP contribution is -2.42. The number of halogens is 1. The van der Waals surface area contributed by atoms with Crippen molar-refractivity contribution in [1.29, 1.82) is 0 Å². The van der Waals surface area contributed by atoms with Gasteiger partial charge in [0.1, 0.15) is 0 Å². The molecule has 1 aromatic carbocycles. The van der Waals surface area contributed by atoms with Crippen LogP contribution in [0.5, 0.6) is 0 Å². The molecule has 5 heteroatoms. The van der Waals surface area contributed by atoms with Crippen LogP contribution in [0, 0.1) is 0 Å². The van der Waals surface area contributed by atoms with Crippen LogP contribution in [0.15, 0.2) is 29.2 Å². The molecule has 1 unspecified atom stereocenters. The van der Waals surface area contributed by atoms with Gasteiger partial charge in [-0.1, -0.05) is 30.2 Å². The van der Waals surface area contributed by atoms with E-state index in [0.717, 1.165) is 41.6 Å². The van der Waals surface area contributed by atoms with Crippen molar-refractivity contribution in [3.8, 4) is 0 Å². The van der Waals surface area contributed by atoms with E-state index < -0.39 is 0 Å². The van der Waals surface area contributed by atoms with Gasteiger partial charge in [0.15, 0.2) is 0 Å². The SMILES string of the molecule is NC(=O)CC1CCCCN1CCCSc1ccccc1Cl. The Balaban J connectivity index is 1.74. The second kappa shape index (κ2) is 8.66. The molecule has 1 amide bonds. The maximum absolute atomic E-state index is 11.1. The van der Waals surface area contributed by atoms with Gasteiger partial charge < -0.3 is 5.73 Å². The number of likely N-dealkylation sites (tertiary alicyclic amines) is 1. The van der Waals surface area contributed by atoms with Crippen molar-refractivity contribution in [2.24, 2.45) is 5.73 Å². The maximum atomic E-state index is 11.1. The molecule has 21 heavy (non-hydrogen) atoms. The van der Waals surface area contributed by atoms with Crippen LogP contribution in [-0.4, -0.2) is 35.7 Å². The maximum Gasteiger partial charge on any atom is 0.218 e. The molecular weight excluding hydrogens is 304 g/mol. The Morgan fingerprint density at radius 3 is 2.95 bits per heavy atom. The molecule has 116 valence electrons. The summed E-state index contributed by atoms with van der Waals surface area (Å²) in [6.07, 6.45) is 5.14. The lowest BCUT2D eigenvalue weighted by atomic mass is 9.99. The summed E-state index contributed by atoms with van der Waals surface area (Å²) in [5.74, 6) is 0.862. The van der Waals surface area contributed by atoms with E-state index in [0.29, 0.717) is 12.5 Å². The number of hydrogen-bond donors (Lipinski definition) is 1. The molecular formula is C16H23ClN2OS. The van der Waals surface area contributed by atoms with Crippen LogP contribution >= 0.6 is 23.4 Å². The molecule has 3 nitrogen and oxygen atoms in total. The fourth-order valence-electron chi connectivity index (χ4n) is 2.83. The van der Waals surface area contributed by atoms with Crippen LogP contribution < -0.4 is 5.73 Å². The smallest absolute Gasteiger partial charge is 0.218 e. The lowest BCUT2D eigenvalue weighted by Gasteiger charge is -2.35. The van der Waals surface area contributed by atoms with Crippen molar-refractivity contribution < 1.29 is 4.79 Å². The molecule has 1 heterocycles. The second-order valence-electron chi connectivity index (χ2n) is 5.49. The van der Waals surface area contributed by atoms with Gasteiger partial charge in [-0.3, -0.25) is 9.69 Å². The first kappa shape index (κ1) is 16.7. The molecule has 1 aromatic rings. The molecule has 2 N–H and O–H groups in total. The Kier molecular flexibility index (Phi) is 6.87. The standard InChI is InChI=1S/C16H23ClN2OS/c17-14-7-1-2-8-15(14)21-11-5-10-19-9-4-3-6-13(19)12-16(18)20/h1-2,7-8,13H,3-6,9-12H2,(H2,18,20). The molecule has 0 spiro atoms. The van der Waals surface area contributed by atoms with E-state index in [2.05, 4.69) is 11.0 Å². The normalized spacial score (nSPS) is 19.6. The summed E-state index contributed by atoms with van der Waals surface area (Å²) in [7, 11) is 0. The van der Waals surface area contributed by atoms with Crippen molar-refractivity contribution in [3.05, 3.63) is 29.3 Å². The van der Waals surface area contributed by atoms with Crippen molar-refractivity contribution in [2.45, 2.75) is 43.0 Å². The number of hydrogen-bond acceptors (Lipinski definition) is 3. The first-order chi connectivity index (χ1) is 10.2. The Morgan fingerprint density at radius 2 is 2.19 bits per heavy atom. The van der Waals surface area contributed by atoms with Gasteiger partial charge in [-0.15, -0.1) is 11.8 Å². The van der Waals surface area contributed by atoms with Gasteiger partial charge in [0, 0.05) is 17.4 Å². The predicted molar refractivity (Wildman–Crippen MR) is 89.8 cm³/mol. The molecule has 2 rings (SSSR count). The van der Waals surface area contributed by atoms with Crippen molar-refractivity contribution >= 4 is 29.3 Å². The highest BCUT2D eigenvalue weighted by Crippen LogP contribution is 2.27. The summed E-state index contributed by atoms with van der Waals surface area (Å²) in [6.45, 7) is 2.13. The minimum absolute atomic E-state index is 0.183. The molecule has 0 radical (unpaired) electrons. The highest BCUT2D eigenvalue weighted by Gasteiger charge is 2.23. The van der Waals surface area contributed by atoms with Crippen LogP contribution in [-0.2, 0) is 4.79 Å². The summed E-state index contributed by atoms with van der Waals surface area (Å²) in [4.78, 5) is 14.7. The monoisotopic (exact) mass is 326 g/mol. The van der Waals surface area contributed by atoms with Gasteiger partial charge in [-0.25, -0.2) is 0 Å². The third kappa shape index (κ3) is 5.53. The van der Waals surface area contributed by atoms with Gasteiger partial charge in [0.25, 0.3) is 0 Å². The van der Waals surface area contributed by atoms with E-state index in [1.165, 1.54) is 12.8 Å². The highest BCUT2D eigenvalue weighted by atomic mass is 35.5. The number of carbonyl (C=O) groups excluding carboxylic acids is 1. The summed E-state index contributed by atoms with van der Waals surface area (Å²) < 4.78 is 0. The summed E-state index contributed by atoms with van der Waals surface area (Å²) >= 11 is 7.95. The van der Waals surface area contributed by atoms with E-state index in [1.807, 2.05) is 18.2 Å². The first-order valence-corrected chi connectivity index (χ1v) is 8.93. The molecule has 1 fully saturated rings. The molecule has 0 aromatic heterocycles. The Bertz CT molecular complexity index is 469. The quantitative estimate of drug-likeness (QED) is 0.615. The van der Waals surface area contributed by atoms with Gasteiger partial charge in [-0.2, -0.15) is 0 Å². The van der Waals surface area contributed by atoms with Crippen LogP contribution in [0.25, 0.3) is 0 Å². The minimum Gasteiger partial charge on any atom is -0.370 e. The summed E-state index contributed by atoms with van der Waals surface area (Å²) in [5.41, 5.74) is 5.35. The predicted octanol–water partition coefficient (Wildman–Crippen LogP) is 3.55. The van der Waals surface area contributed by atoms with E-state index in [9.17, 15) is 4.79 Å². The van der Waals surface area contributed by atoms with Gasteiger partial charge in [-0.05, 0) is 50.2 Å². The number of carbonyl (C=O) groups is 1. The summed E-state index contributed by atoms with van der Waals surface area (Å²) in [6, 6.07) is 8.30. The second-order valence-corrected chi connectivity index (χ2v) is 7.03. The van der Waals surface area contributed by atoms with Gasteiger partial charge >= 0.3 is 0 Å². The number of benzene rings is 1. The molecule has 1 saturated heterocycles. The van der Waals surface area contributed by atoms with Crippen molar-refractivity contribution in [2.75, 3.05) is 18.8 Å². The zero-order valence-corrected chi connectivity index (χ0v) is 13.8. The first-order valence-electron chi connectivity index (χ1n) is 7.56. The zero-order chi connectivity index (χ0) is 15.1. The van der Waals surface area contributed by atoms with Crippen molar-refractivity contribution in [1.82, 2.24) is 4.90 Å².